The predicted octanol–water partition coefficient (Wildman–Crippen LogP) is 1.55. The summed E-state index contributed by atoms with van der Waals surface area (Å²) in [6.07, 6.45) is 2.74. The Hall–Kier alpha value is -2.48. The molecule has 7 nitrogen and oxygen atoms in total. The van der Waals surface area contributed by atoms with E-state index in [1.165, 1.54) is 23.8 Å². The number of hydrogen-bond donors (Lipinski definition) is 2. The molecule has 0 saturated carbocycles. The van der Waals surface area contributed by atoms with E-state index in [0.717, 1.165) is 25.8 Å². The molecule has 2 aromatic heterocycles. The summed E-state index contributed by atoms with van der Waals surface area (Å²) in [5.41, 5.74) is 6.99. The first kappa shape index (κ1) is 15.4. The lowest BCUT2D eigenvalue weighted by molar-refractivity contribution is 0.387. The number of fused-ring (bicyclic) bond motifs is 3. The van der Waals surface area contributed by atoms with Crippen molar-refractivity contribution >= 4 is 22.5 Å². The van der Waals surface area contributed by atoms with E-state index < -0.39 is 5.82 Å². The lowest BCUT2D eigenvalue weighted by Crippen LogP contribution is -2.07. The molecule has 3 rings (SSSR count). The van der Waals surface area contributed by atoms with Gasteiger partial charge in [-0.3, -0.25) is 0 Å². The summed E-state index contributed by atoms with van der Waals surface area (Å²) in [4.78, 5) is 8.76. The number of aryl methyl sites for hydroxylation is 1. The van der Waals surface area contributed by atoms with Crippen LogP contribution in [0.4, 0.5) is 10.3 Å². The maximum absolute atomic E-state index is 14.0. The Kier molecular flexibility index (Phi) is 4.24. The number of anilines is 1. The molecule has 23 heavy (non-hydrogen) atoms. The van der Waals surface area contributed by atoms with E-state index in [1.54, 1.807) is 0 Å². The van der Waals surface area contributed by atoms with Crippen LogP contribution in [-0.2, 0) is 6.42 Å². The molecule has 0 saturated heterocycles. The van der Waals surface area contributed by atoms with Gasteiger partial charge in [0.15, 0.2) is 23.0 Å². The maximum atomic E-state index is 14.0. The van der Waals surface area contributed by atoms with Crippen molar-refractivity contribution in [1.82, 2.24) is 24.9 Å². The Bertz CT molecular complexity index is 847. The number of methoxy groups -OCH3 is 1. The van der Waals surface area contributed by atoms with Crippen LogP contribution in [0.3, 0.4) is 0 Å². The Morgan fingerprint density at radius 1 is 1.30 bits per heavy atom. The topological polar surface area (TPSA) is 90.4 Å². The fourth-order valence-corrected chi connectivity index (χ4v) is 2.52. The van der Waals surface area contributed by atoms with Crippen molar-refractivity contribution in [2.75, 3.05) is 26.4 Å². The number of aromatic nitrogens is 4. The van der Waals surface area contributed by atoms with E-state index >= 15 is 0 Å². The molecule has 3 N–H and O–H groups in total. The first-order chi connectivity index (χ1) is 11.1. The number of nitrogens with two attached hydrogens (primary N) is 1. The van der Waals surface area contributed by atoms with Gasteiger partial charge in [0.05, 0.1) is 12.6 Å². The van der Waals surface area contributed by atoms with Gasteiger partial charge in [0.25, 0.3) is 0 Å². The fraction of sp³-hybridized carbons (Fsp3) is 0.400. The van der Waals surface area contributed by atoms with Crippen molar-refractivity contribution in [2.45, 2.75) is 19.3 Å². The van der Waals surface area contributed by atoms with Crippen LogP contribution in [-0.4, -0.2) is 40.3 Å². The number of nitrogens with one attached hydrogen (secondary N) is 1. The van der Waals surface area contributed by atoms with E-state index in [4.69, 9.17) is 10.5 Å². The van der Waals surface area contributed by atoms with Crippen molar-refractivity contribution in [3.05, 3.63) is 23.8 Å². The largest absolute Gasteiger partial charge is 0.494 e. The summed E-state index contributed by atoms with van der Waals surface area (Å²) < 4.78 is 20.4. The number of hydrogen-bond acceptors (Lipinski definition) is 6. The third-order valence-corrected chi connectivity index (χ3v) is 3.69. The molecule has 0 amide bonds. The first-order valence-corrected chi connectivity index (χ1v) is 7.47. The average Bonchev–Trinajstić information content (AvgIpc) is 2.97. The molecule has 0 aliphatic heterocycles. The van der Waals surface area contributed by atoms with E-state index in [9.17, 15) is 4.39 Å². The third-order valence-electron chi connectivity index (χ3n) is 3.69. The standard InChI is InChI=1S/C15H19FN6O/c1-18-6-4-3-5-13-20-14-9-7-10(16)12(23-2)8-11(9)19-15(17)22(14)21-13/h7-8,18H,3-6H2,1-2H3,(H2,17,19). The minimum absolute atomic E-state index is 0.126. The van der Waals surface area contributed by atoms with Crippen LogP contribution in [0.25, 0.3) is 16.6 Å². The Balaban J connectivity index is 2.04. The zero-order chi connectivity index (χ0) is 16.4. The van der Waals surface area contributed by atoms with Gasteiger partial charge in [-0.25, -0.2) is 14.4 Å². The van der Waals surface area contributed by atoms with Crippen molar-refractivity contribution in [2.24, 2.45) is 0 Å². The minimum Gasteiger partial charge on any atom is -0.494 e. The van der Waals surface area contributed by atoms with Gasteiger partial charge in [-0.1, -0.05) is 0 Å². The van der Waals surface area contributed by atoms with Gasteiger partial charge in [-0.2, -0.15) is 4.52 Å². The van der Waals surface area contributed by atoms with Gasteiger partial charge in [0, 0.05) is 17.9 Å². The van der Waals surface area contributed by atoms with Gasteiger partial charge in [-0.05, 0) is 32.5 Å². The number of rotatable bonds is 6. The molecule has 0 unspecified atom stereocenters. The summed E-state index contributed by atoms with van der Waals surface area (Å²) in [5.74, 6) is 0.557. The Labute approximate surface area is 132 Å². The zero-order valence-electron chi connectivity index (χ0n) is 13.1. The summed E-state index contributed by atoms with van der Waals surface area (Å²) in [6.45, 7) is 0.949. The van der Waals surface area contributed by atoms with Crippen LogP contribution in [0.2, 0.25) is 0 Å². The van der Waals surface area contributed by atoms with Gasteiger partial charge in [0.2, 0.25) is 5.95 Å². The number of halogens is 1. The van der Waals surface area contributed by atoms with E-state index in [2.05, 4.69) is 20.4 Å². The first-order valence-electron chi connectivity index (χ1n) is 7.47. The fourth-order valence-electron chi connectivity index (χ4n) is 2.52. The van der Waals surface area contributed by atoms with Crippen LogP contribution in [0.1, 0.15) is 18.7 Å². The summed E-state index contributed by atoms with van der Waals surface area (Å²) in [5, 5.41) is 8.04. The molecule has 8 heteroatoms. The van der Waals surface area contributed by atoms with Crippen LogP contribution >= 0.6 is 0 Å². The lowest BCUT2D eigenvalue weighted by atomic mass is 10.2. The summed E-state index contributed by atoms with van der Waals surface area (Å²) in [7, 11) is 3.33. The lowest BCUT2D eigenvalue weighted by Gasteiger charge is -2.05. The number of unbranched alkanes of at least 4 members (excludes halogenated alkanes) is 1. The maximum Gasteiger partial charge on any atom is 0.223 e. The van der Waals surface area contributed by atoms with E-state index in [-0.39, 0.29) is 11.7 Å². The smallest absolute Gasteiger partial charge is 0.223 e. The zero-order valence-corrected chi connectivity index (χ0v) is 13.1. The van der Waals surface area contributed by atoms with Gasteiger partial charge < -0.3 is 15.8 Å². The molecule has 0 bridgehead atoms. The van der Waals surface area contributed by atoms with Crippen molar-refractivity contribution in [1.29, 1.82) is 0 Å². The van der Waals surface area contributed by atoms with Crippen molar-refractivity contribution in [3.8, 4) is 5.75 Å². The highest BCUT2D eigenvalue weighted by Crippen LogP contribution is 2.27. The molecule has 0 aliphatic rings. The molecule has 1 aromatic carbocycles. The van der Waals surface area contributed by atoms with Gasteiger partial charge in [-0.15, -0.1) is 5.10 Å². The highest BCUT2D eigenvalue weighted by molar-refractivity contribution is 5.93. The minimum atomic E-state index is -0.466. The molecule has 122 valence electrons. The van der Waals surface area contributed by atoms with Crippen LogP contribution in [0.15, 0.2) is 12.1 Å². The monoisotopic (exact) mass is 318 g/mol. The van der Waals surface area contributed by atoms with Gasteiger partial charge >= 0.3 is 0 Å². The number of ether oxygens (including phenoxy) is 1. The molecule has 0 spiro atoms. The molecule has 0 atom stereocenters. The SMILES string of the molecule is CNCCCCc1nc2c3cc(F)c(OC)cc3nc(N)n2n1. The van der Waals surface area contributed by atoms with Crippen LogP contribution in [0.5, 0.6) is 5.75 Å². The second kappa shape index (κ2) is 6.33. The van der Waals surface area contributed by atoms with Crippen molar-refractivity contribution < 1.29 is 9.13 Å². The van der Waals surface area contributed by atoms with E-state index in [1.807, 2.05) is 7.05 Å². The van der Waals surface area contributed by atoms with Gasteiger partial charge in [0.1, 0.15) is 0 Å². The Morgan fingerprint density at radius 2 is 2.13 bits per heavy atom. The molecular formula is C15H19FN6O. The second-order valence-electron chi connectivity index (χ2n) is 5.30. The Morgan fingerprint density at radius 3 is 2.87 bits per heavy atom. The molecule has 3 aromatic rings. The molecule has 0 aliphatic carbocycles. The van der Waals surface area contributed by atoms with Crippen LogP contribution < -0.4 is 15.8 Å². The second-order valence-corrected chi connectivity index (χ2v) is 5.30. The average molecular weight is 318 g/mol. The summed E-state index contributed by atoms with van der Waals surface area (Å²) in [6, 6.07) is 2.87. The molecule has 2 heterocycles. The molecule has 0 fully saturated rings. The van der Waals surface area contributed by atoms with Crippen LogP contribution in [0, 0.1) is 5.82 Å². The number of benzene rings is 1. The highest BCUT2D eigenvalue weighted by atomic mass is 19.1. The molecular weight excluding hydrogens is 299 g/mol. The quantitative estimate of drug-likeness (QED) is 0.670. The number of nitrogen functional groups attached to an aromatic ring is 1. The number of nitrogens with zero attached hydrogens (tertiary/aromatic N) is 4. The normalized spacial score (nSPS) is 11.4. The predicted molar refractivity (Wildman–Crippen MR) is 86.1 cm³/mol. The molecule has 0 radical (unpaired) electrons. The third kappa shape index (κ3) is 2.89. The highest BCUT2D eigenvalue weighted by Gasteiger charge is 2.14. The summed E-state index contributed by atoms with van der Waals surface area (Å²) >= 11 is 0. The van der Waals surface area contributed by atoms with Crippen molar-refractivity contribution in [3.63, 3.8) is 0 Å². The van der Waals surface area contributed by atoms with E-state index in [0.29, 0.717) is 22.4 Å².